The van der Waals surface area contributed by atoms with Crippen LogP contribution in [0.1, 0.15) is 130 Å². The van der Waals surface area contributed by atoms with Gasteiger partial charge >= 0.3 is 0 Å². The minimum Gasteiger partial charge on any atom is -0.334 e. The van der Waals surface area contributed by atoms with Crippen molar-refractivity contribution in [1.82, 2.24) is 9.13 Å². The quantitative estimate of drug-likeness (QED) is 0.0895. The number of nitrogens with zero attached hydrogens (tertiary/aromatic N) is 4. The Hall–Kier alpha value is -12.4. The first-order valence-corrected chi connectivity index (χ1v) is 38.0. The maximum Gasteiger partial charge on any atom is 0.252 e. The summed E-state index contributed by atoms with van der Waals surface area (Å²) in [6.45, 7) is 4.33. The van der Waals surface area contributed by atoms with Gasteiger partial charge in [0.15, 0.2) is 0 Å². The fraction of sp³-hybridized carbons (Fsp3) is 0.151. The van der Waals surface area contributed by atoms with Gasteiger partial charge in [-0.1, -0.05) is 293 Å². The summed E-state index contributed by atoms with van der Waals surface area (Å²) in [6.07, 6.45) is 14.2. The Balaban J connectivity index is 0.996. The lowest BCUT2D eigenvalue weighted by atomic mass is 9.33. The van der Waals surface area contributed by atoms with Crippen LogP contribution in [0.2, 0.25) is 0 Å². The second-order valence-corrected chi connectivity index (χ2v) is 30.3. The SMILES string of the molecule is [2H]c1c([2H])c([2H])c(-c2c([2H])c([2H])c3c(c2[2H])c2c([2H])c([2H])c([2H])c([2H])c2n3-c2c([2H])c([2H])c3c(c2[2H])N(c2c(-c4ccccc4)cc(-c4ccccc4)cc2-c2ccccc2)c2cc(C(C)(C)C)cc4c2B3c2c([2H])c([2H])c(-n3c5c([2H])c([2H])c([2H])c([2H])c5c5c([2H])c(-c6c([2H])c([2H])c([2H])c([2H])c6[2H])c([2H])c([2H])c53)c([2H])c2N4C2C(C3CC=CCC3)=CC(c3ccccc3)CC2C2=CCCCC2)c([2H])c1[2H]. The summed E-state index contributed by atoms with van der Waals surface area (Å²) in [7, 11) is 0. The van der Waals surface area contributed by atoms with E-state index in [1.54, 1.807) is 0 Å². The minimum absolute atomic E-state index is 0.126. The number of rotatable bonds is 12. The van der Waals surface area contributed by atoms with E-state index < -0.39 is 283 Å². The smallest absolute Gasteiger partial charge is 0.252 e. The first-order valence-electron chi connectivity index (χ1n) is 53.0. The number of hydrogen-bond acceptors (Lipinski definition) is 2. The first kappa shape index (κ1) is 42.5. The highest BCUT2D eigenvalue weighted by atomic mass is 15.2. The summed E-state index contributed by atoms with van der Waals surface area (Å²) < 4.78 is 302. The van der Waals surface area contributed by atoms with E-state index in [2.05, 4.69) is 41.3 Å². The first-order chi connectivity index (χ1) is 67.2. The molecule has 0 N–H and O–H groups in total. The number of fused-ring (bicyclic) bond motifs is 10. The van der Waals surface area contributed by atoms with Gasteiger partial charge in [-0.25, -0.2) is 0 Å². The summed E-state index contributed by atoms with van der Waals surface area (Å²) in [6, 6.07) is 20.9. The van der Waals surface area contributed by atoms with Gasteiger partial charge in [0.1, 0.15) is 0 Å². The van der Waals surface area contributed by atoms with Crippen LogP contribution in [0, 0.1) is 11.8 Å². The molecule has 14 aromatic carbocycles. The fourth-order valence-electron chi connectivity index (χ4n) is 17.9. The average molecular weight is 1460 g/mol. The lowest BCUT2D eigenvalue weighted by Gasteiger charge is -2.52. The standard InChI is InChI=1S/C106H87BN4/c1-106(2,3)82-66-101-103-102(67-82)111(105-89(76-44-24-10-25-45-76)64-81(73-38-18-7-19-39-73)65-90(105)77-46-26-11-27-47-77)100-69-84(109-96-51-31-29-49-86(96)92-61-79(53-59-98(92)109)71-34-14-5-15-35-71)55-57-94(100)107(103)93-56-54-83(108-95-50-30-28-48-85(95)91-60-78(52-58-97(91)108)70-32-12-4-13-33-70)68-99(93)110(101)104-87(74-40-20-8-21-41-74)62-80(72-36-16-6-17-37-72)63-88(104)75-42-22-9-23-43-75/h4-10,12-24,28-43,46,48-64,66-69,76,81,90,105H,11,25-27,44-45,47,65H2,1-3H3/i4D,5D,12D,13D,14D,15D,28D,29D,30D,31D,32D,33D,34D,35D,48D,49D,50D,51D,52D,53D,54D,55D,56D,57D,58D,59D,60D,61D,68D,69D. The molecule has 2 aliphatic heterocycles. The summed E-state index contributed by atoms with van der Waals surface area (Å²) in [5.74, 6) is -1.02. The molecule has 0 fully saturated rings. The largest absolute Gasteiger partial charge is 0.334 e. The van der Waals surface area contributed by atoms with Crippen molar-refractivity contribution in [2.75, 3.05) is 9.80 Å². The molecule has 111 heavy (non-hydrogen) atoms. The van der Waals surface area contributed by atoms with Crippen LogP contribution < -0.4 is 26.2 Å². The van der Waals surface area contributed by atoms with Gasteiger partial charge in [0.25, 0.3) is 6.71 Å². The minimum atomic E-state index is -1.73. The van der Waals surface area contributed by atoms with Crippen molar-refractivity contribution >= 4 is 95.1 Å². The van der Waals surface area contributed by atoms with E-state index in [1.165, 1.54) is 0 Å². The Bertz CT molecular complexity index is 8200. The van der Waals surface area contributed by atoms with Gasteiger partial charge in [-0.05, 0) is 225 Å². The molecule has 534 valence electrons. The van der Waals surface area contributed by atoms with Crippen LogP contribution in [0.15, 0.2) is 362 Å². The summed E-state index contributed by atoms with van der Waals surface area (Å²) in [5.41, 5.74) is 0.787. The number of para-hydroxylation sites is 2. The molecular weight excluding hydrogens is 1340 g/mol. The zero-order chi connectivity index (χ0) is 99.9. The predicted octanol–water partition coefficient (Wildman–Crippen LogP) is 26.2. The highest BCUT2D eigenvalue weighted by Crippen LogP contribution is 2.56. The van der Waals surface area contributed by atoms with Crippen LogP contribution in [0.25, 0.3) is 111 Å². The maximum absolute atomic E-state index is 12.1. The molecule has 4 unspecified atom stereocenters. The van der Waals surface area contributed by atoms with E-state index in [-0.39, 0.29) is 39.8 Å². The van der Waals surface area contributed by atoms with Gasteiger partial charge in [-0.2, -0.15) is 0 Å². The molecule has 0 saturated heterocycles. The number of aromatic nitrogens is 2. The van der Waals surface area contributed by atoms with Crippen LogP contribution in [-0.2, 0) is 5.41 Å². The third-order valence-electron chi connectivity index (χ3n) is 23.0. The molecule has 0 bridgehead atoms. The number of anilines is 5. The Labute approximate surface area is 694 Å². The summed E-state index contributed by atoms with van der Waals surface area (Å²) >= 11 is 0. The third kappa shape index (κ3) is 11.4. The lowest BCUT2D eigenvalue weighted by molar-refractivity contribution is 0.376. The average Bonchev–Trinajstić information content (AvgIpc) is 1.67. The van der Waals surface area contributed by atoms with E-state index in [0.29, 0.717) is 88.7 Å². The van der Waals surface area contributed by atoms with E-state index in [4.69, 9.17) is 8.22 Å². The van der Waals surface area contributed by atoms with Gasteiger partial charge in [0.05, 0.1) is 74.9 Å². The van der Waals surface area contributed by atoms with Crippen LogP contribution in [0.5, 0.6) is 0 Å². The molecule has 16 aromatic rings. The molecule has 4 nitrogen and oxygen atoms in total. The monoisotopic (exact) mass is 1460 g/mol. The van der Waals surface area contributed by atoms with Crippen molar-refractivity contribution in [3.05, 3.63) is 373 Å². The van der Waals surface area contributed by atoms with Crippen molar-refractivity contribution in [1.29, 1.82) is 0 Å². The summed E-state index contributed by atoms with van der Waals surface area (Å²) in [5, 5.41) is -2.03. The van der Waals surface area contributed by atoms with Gasteiger partial charge in [0.2, 0.25) is 0 Å². The van der Waals surface area contributed by atoms with Gasteiger partial charge in [-0.15, -0.1) is 0 Å². The van der Waals surface area contributed by atoms with Crippen molar-refractivity contribution in [2.24, 2.45) is 11.8 Å². The van der Waals surface area contributed by atoms with E-state index in [1.807, 2.05) is 159 Å². The zero-order valence-electron chi connectivity index (χ0n) is 91.0. The Kier molecular flexibility index (Phi) is 10.5. The Morgan fingerprint density at radius 3 is 1.52 bits per heavy atom. The molecule has 21 rings (SSSR count). The molecule has 4 heterocycles. The second-order valence-electron chi connectivity index (χ2n) is 30.3. The molecule has 0 spiro atoms. The third-order valence-corrected chi connectivity index (χ3v) is 23.0. The van der Waals surface area contributed by atoms with E-state index >= 15 is 0 Å². The number of hydrogen-bond donors (Lipinski definition) is 0. The van der Waals surface area contributed by atoms with Crippen LogP contribution >= 0.6 is 0 Å². The maximum atomic E-state index is 12.1. The van der Waals surface area contributed by atoms with Gasteiger partial charge in [-0.3, -0.25) is 0 Å². The lowest BCUT2D eigenvalue weighted by Crippen LogP contribution is -2.64. The fourth-order valence-corrected chi connectivity index (χ4v) is 17.9. The molecule has 0 amide bonds. The zero-order valence-corrected chi connectivity index (χ0v) is 61.0. The molecule has 4 atom stereocenters. The van der Waals surface area contributed by atoms with Crippen molar-refractivity contribution < 1.29 is 41.1 Å². The van der Waals surface area contributed by atoms with Crippen molar-refractivity contribution in [2.45, 2.75) is 89.5 Å². The Morgan fingerprint density at radius 1 is 0.432 bits per heavy atom. The highest BCUT2D eigenvalue weighted by Gasteiger charge is 2.50. The molecule has 2 aromatic heterocycles. The number of allylic oxidation sites excluding steroid dienone is 4. The second kappa shape index (κ2) is 27.3. The van der Waals surface area contributed by atoms with E-state index in [0.717, 1.165) is 44.2 Å². The van der Waals surface area contributed by atoms with E-state index in [9.17, 15) is 32.9 Å². The topological polar surface area (TPSA) is 16.3 Å². The van der Waals surface area contributed by atoms with Gasteiger partial charge < -0.3 is 18.9 Å². The van der Waals surface area contributed by atoms with Crippen LogP contribution in [0.4, 0.5) is 28.4 Å². The Morgan fingerprint density at radius 2 is 0.964 bits per heavy atom. The highest BCUT2D eigenvalue weighted by molar-refractivity contribution is 7.00. The molecule has 0 radical (unpaired) electrons. The predicted molar refractivity (Wildman–Crippen MR) is 471 cm³/mol. The number of benzene rings is 14. The molecular formula is C106H87BN4. The van der Waals surface area contributed by atoms with Crippen LogP contribution in [-0.4, -0.2) is 21.9 Å². The van der Waals surface area contributed by atoms with Crippen molar-refractivity contribution in [3.63, 3.8) is 0 Å². The molecule has 5 aliphatic rings. The molecule has 0 saturated carbocycles. The normalized spacial score (nSPS) is 21.2. The summed E-state index contributed by atoms with van der Waals surface area (Å²) in [4.78, 5) is 3.96. The van der Waals surface area contributed by atoms with Crippen LogP contribution in [0.3, 0.4) is 0 Å². The van der Waals surface area contributed by atoms with Crippen molar-refractivity contribution in [3.8, 4) is 67.0 Å². The molecule has 5 heteroatoms. The van der Waals surface area contributed by atoms with Gasteiger partial charge in [0, 0.05) is 78.6 Å². The molecule has 3 aliphatic carbocycles.